The highest BCUT2D eigenvalue weighted by Gasteiger charge is 2.29. The van der Waals surface area contributed by atoms with Gasteiger partial charge in [0.1, 0.15) is 0 Å². The number of aromatic nitrogens is 1. The smallest absolute Gasteiger partial charge is 0.256 e. The van der Waals surface area contributed by atoms with Crippen molar-refractivity contribution >= 4 is 42.3 Å². The molecule has 1 aromatic heterocycles. The zero-order valence-electron chi connectivity index (χ0n) is 13.2. The van der Waals surface area contributed by atoms with Crippen LogP contribution in [0.5, 0.6) is 0 Å². The Morgan fingerprint density at radius 1 is 1.25 bits per heavy atom. The van der Waals surface area contributed by atoms with E-state index in [2.05, 4.69) is 10.3 Å². The second-order valence-corrected chi connectivity index (χ2v) is 5.84. The summed E-state index contributed by atoms with van der Waals surface area (Å²) in [4.78, 5) is 18.9. The van der Waals surface area contributed by atoms with Crippen molar-refractivity contribution in [2.75, 3.05) is 19.6 Å². The number of halogens is 3. The highest BCUT2D eigenvalue weighted by molar-refractivity contribution is 6.31. The van der Waals surface area contributed by atoms with E-state index in [4.69, 9.17) is 11.6 Å². The number of carbonyl (C=O) groups excluding carboxylic acids is 1. The molecule has 0 spiro atoms. The lowest BCUT2D eigenvalue weighted by Gasteiger charge is -2.37. The van der Waals surface area contributed by atoms with E-state index in [1.54, 1.807) is 6.20 Å². The number of pyridine rings is 1. The minimum atomic E-state index is -0.0590. The molecule has 2 heterocycles. The molecular weight excluding hydrogens is 369 g/mol. The normalized spacial score (nSPS) is 16.8. The van der Waals surface area contributed by atoms with Crippen LogP contribution in [0.2, 0.25) is 5.02 Å². The van der Waals surface area contributed by atoms with Crippen LogP contribution in [0.1, 0.15) is 27.7 Å². The Bertz CT molecular complexity index is 679. The molecule has 2 aromatic rings. The van der Waals surface area contributed by atoms with E-state index in [0.29, 0.717) is 23.7 Å². The summed E-state index contributed by atoms with van der Waals surface area (Å²) in [7, 11) is 0. The van der Waals surface area contributed by atoms with Crippen molar-refractivity contribution in [3.63, 3.8) is 0 Å². The van der Waals surface area contributed by atoms with Crippen LogP contribution in [-0.2, 0) is 0 Å². The molecule has 1 aromatic carbocycles. The molecular formula is C17H20Cl3N3O. The lowest BCUT2D eigenvalue weighted by atomic mass is 10.0. The van der Waals surface area contributed by atoms with Gasteiger partial charge in [0, 0.05) is 36.5 Å². The molecule has 1 unspecified atom stereocenters. The third-order valence-corrected chi connectivity index (χ3v) is 4.27. The molecule has 1 saturated heterocycles. The Hall–Kier alpha value is -1.33. The van der Waals surface area contributed by atoms with Gasteiger partial charge in [0.15, 0.2) is 0 Å². The SMILES string of the molecule is Cc1ccc(C(=O)N2CCNCC2c2ccccc2Cl)cn1.Cl.Cl. The minimum absolute atomic E-state index is 0. The van der Waals surface area contributed by atoms with Crippen molar-refractivity contribution in [3.8, 4) is 0 Å². The predicted octanol–water partition coefficient (Wildman–Crippen LogP) is 3.67. The largest absolute Gasteiger partial charge is 0.329 e. The van der Waals surface area contributed by atoms with E-state index in [1.807, 2.05) is 48.2 Å². The van der Waals surface area contributed by atoms with Crippen LogP contribution in [0.25, 0.3) is 0 Å². The maximum Gasteiger partial charge on any atom is 0.256 e. The Morgan fingerprint density at radius 3 is 2.67 bits per heavy atom. The minimum Gasteiger partial charge on any atom is -0.329 e. The fourth-order valence-electron chi connectivity index (χ4n) is 2.73. The summed E-state index contributed by atoms with van der Waals surface area (Å²) in [5, 5.41) is 4.03. The molecule has 0 saturated carbocycles. The second-order valence-electron chi connectivity index (χ2n) is 5.43. The molecule has 0 aliphatic carbocycles. The molecule has 1 atom stereocenters. The molecule has 130 valence electrons. The summed E-state index contributed by atoms with van der Waals surface area (Å²) < 4.78 is 0. The number of benzene rings is 1. The van der Waals surface area contributed by atoms with Gasteiger partial charge in [0.25, 0.3) is 5.91 Å². The second kappa shape index (κ2) is 9.23. The van der Waals surface area contributed by atoms with Gasteiger partial charge >= 0.3 is 0 Å². The Morgan fingerprint density at radius 2 is 2.00 bits per heavy atom. The van der Waals surface area contributed by atoms with Gasteiger partial charge in [-0.2, -0.15) is 0 Å². The van der Waals surface area contributed by atoms with E-state index in [1.165, 1.54) is 0 Å². The van der Waals surface area contributed by atoms with Crippen LogP contribution in [0.3, 0.4) is 0 Å². The maximum absolute atomic E-state index is 12.8. The van der Waals surface area contributed by atoms with E-state index >= 15 is 0 Å². The number of nitrogens with one attached hydrogen (secondary N) is 1. The topological polar surface area (TPSA) is 45.2 Å². The van der Waals surface area contributed by atoms with Gasteiger partial charge in [-0.1, -0.05) is 29.8 Å². The molecule has 1 aliphatic rings. The monoisotopic (exact) mass is 387 g/mol. The molecule has 1 amide bonds. The van der Waals surface area contributed by atoms with Gasteiger partial charge in [0.2, 0.25) is 0 Å². The number of piperazine rings is 1. The van der Waals surface area contributed by atoms with E-state index in [0.717, 1.165) is 17.8 Å². The first kappa shape index (κ1) is 20.7. The van der Waals surface area contributed by atoms with Gasteiger partial charge in [0.05, 0.1) is 11.6 Å². The number of nitrogens with zero attached hydrogens (tertiary/aromatic N) is 2. The van der Waals surface area contributed by atoms with Crippen LogP contribution in [0, 0.1) is 6.92 Å². The summed E-state index contributed by atoms with van der Waals surface area (Å²) in [6.07, 6.45) is 1.64. The average molecular weight is 389 g/mol. The van der Waals surface area contributed by atoms with E-state index in [-0.39, 0.29) is 36.8 Å². The fourth-order valence-corrected chi connectivity index (χ4v) is 2.99. The highest BCUT2D eigenvalue weighted by atomic mass is 35.5. The van der Waals surface area contributed by atoms with Crippen molar-refractivity contribution < 1.29 is 4.79 Å². The fraction of sp³-hybridized carbons (Fsp3) is 0.294. The molecule has 1 fully saturated rings. The Labute approximate surface area is 159 Å². The van der Waals surface area contributed by atoms with Crippen LogP contribution >= 0.6 is 36.4 Å². The maximum atomic E-state index is 12.8. The number of amides is 1. The number of hydrogen-bond acceptors (Lipinski definition) is 3. The van der Waals surface area contributed by atoms with Gasteiger partial charge in [-0.05, 0) is 30.7 Å². The highest BCUT2D eigenvalue weighted by Crippen LogP contribution is 2.29. The quantitative estimate of drug-likeness (QED) is 0.853. The third-order valence-electron chi connectivity index (χ3n) is 3.93. The predicted molar refractivity (Wildman–Crippen MR) is 102 cm³/mol. The molecule has 1 N–H and O–H groups in total. The van der Waals surface area contributed by atoms with Gasteiger partial charge < -0.3 is 10.2 Å². The molecule has 4 nitrogen and oxygen atoms in total. The summed E-state index contributed by atoms with van der Waals surface area (Å²) >= 11 is 6.32. The Balaban J connectivity index is 0.00000144. The van der Waals surface area contributed by atoms with Crippen molar-refractivity contribution in [2.45, 2.75) is 13.0 Å². The van der Waals surface area contributed by atoms with Gasteiger partial charge in [-0.3, -0.25) is 9.78 Å². The number of carbonyl (C=O) groups is 1. The summed E-state index contributed by atoms with van der Waals surface area (Å²) in [5.74, 6) is -0.00100. The Kier molecular flexibility index (Phi) is 7.97. The van der Waals surface area contributed by atoms with Crippen LogP contribution in [-0.4, -0.2) is 35.4 Å². The lowest BCUT2D eigenvalue weighted by molar-refractivity contribution is 0.0634. The molecule has 24 heavy (non-hydrogen) atoms. The average Bonchev–Trinajstić information content (AvgIpc) is 2.55. The van der Waals surface area contributed by atoms with Gasteiger partial charge in [-0.15, -0.1) is 24.8 Å². The van der Waals surface area contributed by atoms with E-state index in [9.17, 15) is 4.79 Å². The van der Waals surface area contributed by atoms with Gasteiger partial charge in [-0.25, -0.2) is 0 Å². The van der Waals surface area contributed by atoms with Crippen LogP contribution < -0.4 is 5.32 Å². The van der Waals surface area contributed by atoms with E-state index < -0.39 is 0 Å². The molecule has 0 radical (unpaired) electrons. The summed E-state index contributed by atoms with van der Waals surface area (Å²) in [6, 6.07) is 11.3. The first-order chi connectivity index (χ1) is 10.7. The number of hydrogen-bond donors (Lipinski definition) is 1. The lowest BCUT2D eigenvalue weighted by Crippen LogP contribution is -2.48. The molecule has 1 aliphatic heterocycles. The first-order valence-corrected chi connectivity index (χ1v) is 7.73. The zero-order valence-corrected chi connectivity index (χ0v) is 15.6. The number of aryl methyl sites for hydroxylation is 1. The standard InChI is InChI=1S/C17H18ClN3O.2ClH/c1-12-6-7-13(10-20-12)17(22)21-9-8-19-11-16(21)14-4-2-3-5-15(14)18;;/h2-7,10,16,19H,8-9,11H2,1H3;2*1H. The molecule has 3 rings (SSSR count). The first-order valence-electron chi connectivity index (χ1n) is 7.35. The van der Waals surface area contributed by atoms with Crippen molar-refractivity contribution in [1.29, 1.82) is 0 Å². The molecule has 7 heteroatoms. The third kappa shape index (κ3) is 4.39. The zero-order chi connectivity index (χ0) is 15.5. The van der Waals surface area contributed by atoms with Crippen molar-refractivity contribution in [3.05, 3.63) is 64.4 Å². The van der Waals surface area contributed by atoms with Crippen LogP contribution in [0.15, 0.2) is 42.6 Å². The van der Waals surface area contributed by atoms with Crippen molar-refractivity contribution in [2.24, 2.45) is 0 Å². The summed E-state index contributed by atoms with van der Waals surface area (Å²) in [5.41, 5.74) is 2.49. The summed E-state index contributed by atoms with van der Waals surface area (Å²) in [6.45, 7) is 4.05. The number of rotatable bonds is 2. The van der Waals surface area contributed by atoms with Crippen LogP contribution in [0.4, 0.5) is 0 Å². The molecule has 0 bridgehead atoms. The van der Waals surface area contributed by atoms with Crippen molar-refractivity contribution in [1.82, 2.24) is 15.2 Å².